The fourth-order valence-electron chi connectivity index (χ4n) is 2.63. The van der Waals surface area contributed by atoms with Gasteiger partial charge in [-0.05, 0) is 65.9 Å². The van der Waals surface area contributed by atoms with E-state index in [0.717, 1.165) is 38.0 Å². The summed E-state index contributed by atoms with van der Waals surface area (Å²) in [4.78, 5) is 0. The zero-order chi connectivity index (χ0) is 13.7. The van der Waals surface area contributed by atoms with Crippen LogP contribution in [-0.4, -0.2) is 25.3 Å². The van der Waals surface area contributed by atoms with Gasteiger partial charge in [-0.3, -0.25) is 0 Å². The highest BCUT2D eigenvalue weighted by molar-refractivity contribution is 9.10. The molecule has 0 saturated carbocycles. The molecule has 106 valence electrons. The first-order chi connectivity index (χ1) is 9.19. The van der Waals surface area contributed by atoms with E-state index in [4.69, 9.17) is 4.74 Å². The Bertz CT molecular complexity index is 407. The average Bonchev–Trinajstić information content (AvgIpc) is 2.87. The maximum Gasteiger partial charge on any atom is 0.137 e. The van der Waals surface area contributed by atoms with Crippen LogP contribution in [0.3, 0.4) is 0 Å². The topological polar surface area (TPSA) is 21.3 Å². The number of hydrogen-bond acceptors (Lipinski definition) is 2. The van der Waals surface area contributed by atoms with Crippen LogP contribution in [0.2, 0.25) is 0 Å². The number of ether oxygens (including phenoxy) is 1. The molecule has 0 radical (unpaired) electrons. The van der Waals surface area contributed by atoms with Gasteiger partial charge in [-0.1, -0.05) is 13.0 Å². The second-order valence-electron chi connectivity index (χ2n) is 5.08. The fraction of sp³-hybridized carbons (Fsp3) is 0.600. The molecule has 19 heavy (non-hydrogen) atoms. The Morgan fingerprint density at radius 2 is 2.37 bits per heavy atom. The highest BCUT2D eigenvalue weighted by Crippen LogP contribution is 2.21. The molecule has 1 fully saturated rings. The summed E-state index contributed by atoms with van der Waals surface area (Å²) in [6.07, 6.45) is 4.66. The maximum absolute atomic E-state index is 13.2. The number of rotatable bonds is 6. The Labute approximate surface area is 122 Å². The van der Waals surface area contributed by atoms with Crippen molar-refractivity contribution < 1.29 is 9.13 Å². The second kappa shape index (κ2) is 7.36. The quantitative estimate of drug-likeness (QED) is 0.859. The van der Waals surface area contributed by atoms with Gasteiger partial charge in [0.05, 0.1) is 10.6 Å². The molecule has 1 aliphatic rings. The molecule has 1 aliphatic heterocycles. The van der Waals surface area contributed by atoms with Crippen LogP contribution in [0.4, 0.5) is 4.39 Å². The lowest BCUT2D eigenvalue weighted by molar-refractivity contribution is 0.0947. The molecule has 1 saturated heterocycles. The first-order valence-corrected chi connectivity index (χ1v) is 7.77. The molecule has 4 heteroatoms. The van der Waals surface area contributed by atoms with E-state index in [0.29, 0.717) is 16.6 Å². The van der Waals surface area contributed by atoms with Crippen molar-refractivity contribution in [1.29, 1.82) is 0 Å². The smallest absolute Gasteiger partial charge is 0.137 e. The summed E-state index contributed by atoms with van der Waals surface area (Å²) >= 11 is 3.24. The Balaban J connectivity index is 1.96. The van der Waals surface area contributed by atoms with Gasteiger partial charge in [0.25, 0.3) is 0 Å². The van der Waals surface area contributed by atoms with Gasteiger partial charge in [0.2, 0.25) is 0 Å². The second-order valence-corrected chi connectivity index (χ2v) is 5.93. The van der Waals surface area contributed by atoms with Crippen LogP contribution < -0.4 is 5.32 Å². The molecule has 1 aromatic carbocycles. The van der Waals surface area contributed by atoms with Crippen LogP contribution in [-0.2, 0) is 11.2 Å². The summed E-state index contributed by atoms with van der Waals surface area (Å²) in [5, 5.41) is 3.50. The molecule has 1 N–H and O–H groups in total. The number of benzene rings is 1. The minimum atomic E-state index is -0.206. The Kier molecular flexibility index (Phi) is 5.79. The summed E-state index contributed by atoms with van der Waals surface area (Å²) in [7, 11) is 0. The van der Waals surface area contributed by atoms with Gasteiger partial charge in [0.15, 0.2) is 0 Å². The molecule has 0 aliphatic carbocycles. The Morgan fingerprint density at radius 3 is 3.00 bits per heavy atom. The average molecular weight is 330 g/mol. The summed E-state index contributed by atoms with van der Waals surface area (Å²) in [6, 6.07) is 5.65. The van der Waals surface area contributed by atoms with Crippen molar-refractivity contribution in [3.05, 3.63) is 34.1 Å². The van der Waals surface area contributed by atoms with E-state index in [1.807, 2.05) is 12.1 Å². The van der Waals surface area contributed by atoms with Gasteiger partial charge in [0.1, 0.15) is 5.82 Å². The lowest BCUT2D eigenvalue weighted by Crippen LogP contribution is -2.34. The number of likely N-dealkylation sites (N-methyl/N-ethyl adjacent to an activating group) is 1. The third kappa shape index (κ3) is 4.55. The first kappa shape index (κ1) is 14.9. The van der Waals surface area contributed by atoms with Gasteiger partial charge in [-0.25, -0.2) is 4.39 Å². The van der Waals surface area contributed by atoms with Crippen molar-refractivity contribution >= 4 is 15.9 Å². The van der Waals surface area contributed by atoms with Crippen molar-refractivity contribution in [1.82, 2.24) is 5.32 Å². The van der Waals surface area contributed by atoms with Gasteiger partial charge in [-0.15, -0.1) is 0 Å². The van der Waals surface area contributed by atoms with E-state index in [1.54, 1.807) is 0 Å². The molecule has 0 spiro atoms. The van der Waals surface area contributed by atoms with Crippen molar-refractivity contribution in [2.24, 2.45) is 0 Å². The highest BCUT2D eigenvalue weighted by Gasteiger charge is 2.20. The Morgan fingerprint density at radius 1 is 1.53 bits per heavy atom. The fourth-order valence-corrected chi connectivity index (χ4v) is 3.05. The molecule has 1 aromatic rings. The largest absolute Gasteiger partial charge is 0.378 e. The van der Waals surface area contributed by atoms with Crippen molar-refractivity contribution in [3.8, 4) is 0 Å². The molecule has 0 aromatic heterocycles. The lowest BCUT2D eigenvalue weighted by atomic mass is 9.99. The number of nitrogens with one attached hydrogen (secondary N) is 1. The van der Waals surface area contributed by atoms with Crippen LogP contribution in [0, 0.1) is 5.82 Å². The zero-order valence-electron chi connectivity index (χ0n) is 11.3. The first-order valence-electron chi connectivity index (χ1n) is 6.98. The zero-order valence-corrected chi connectivity index (χ0v) is 12.9. The van der Waals surface area contributed by atoms with Crippen molar-refractivity contribution in [2.45, 2.75) is 44.8 Å². The van der Waals surface area contributed by atoms with E-state index < -0.39 is 0 Å². The van der Waals surface area contributed by atoms with Gasteiger partial charge in [-0.2, -0.15) is 0 Å². The van der Waals surface area contributed by atoms with Crippen molar-refractivity contribution in [3.63, 3.8) is 0 Å². The lowest BCUT2D eigenvalue weighted by Gasteiger charge is -2.21. The van der Waals surface area contributed by atoms with E-state index in [9.17, 15) is 4.39 Å². The third-order valence-corrected chi connectivity index (χ3v) is 4.14. The minimum Gasteiger partial charge on any atom is -0.378 e. The van der Waals surface area contributed by atoms with Crippen LogP contribution in [0.15, 0.2) is 22.7 Å². The van der Waals surface area contributed by atoms with E-state index in [2.05, 4.69) is 28.2 Å². The van der Waals surface area contributed by atoms with Gasteiger partial charge >= 0.3 is 0 Å². The minimum absolute atomic E-state index is 0.206. The van der Waals surface area contributed by atoms with Crippen LogP contribution in [0.5, 0.6) is 0 Å². The molecule has 1 heterocycles. The van der Waals surface area contributed by atoms with Crippen LogP contribution >= 0.6 is 15.9 Å². The SMILES string of the molecule is CCNC(Cc1ccc(F)c(Br)c1)CC1CCCO1. The molecule has 2 unspecified atom stereocenters. The summed E-state index contributed by atoms with van der Waals surface area (Å²) in [5.74, 6) is -0.206. The summed E-state index contributed by atoms with van der Waals surface area (Å²) < 4.78 is 19.5. The summed E-state index contributed by atoms with van der Waals surface area (Å²) in [5.41, 5.74) is 1.15. The predicted octanol–water partition coefficient (Wildman–Crippen LogP) is 3.68. The molecular formula is C15H21BrFNO. The van der Waals surface area contributed by atoms with E-state index >= 15 is 0 Å². The molecule has 0 bridgehead atoms. The van der Waals surface area contributed by atoms with Crippen LogP contribution in [0.25, 0.3) is 0 Å². The van der Waals surface area contributed by atoms with Crippen molar-refractivity contribution in [2.75, 3.05) is 13.2 Å². The highest BCUT2D eigenvalue weighted by atomic mass is 79.9. The molecule has 2 rings (SSSR count). The molecule has 2 nitrogen and oxygen atoms in total. The normalized spacial score (nSPS) is 20.7. The predicted molar refractivity (Wildman–Crippen MR) is 78.9 cm³/mol. The van der Waals surface area contributed by atoms with Gasteiger partial charge in [0, 0.05) is 12.6 Å². The third-order valence-electron chi connectivity index (χ3n) is 3.53. The Hall–Kier alpha value is -0.450. The molecule has 0 amide bonds. The maximum atomic E-state index is 13.2. The van der Waals surface area contributed by atoms with E-state index in [-0.39, 0.29) is 5.82 Å². The monoisotopic (exact) mass is 329 g/mol. The summed E-state index contributed by atoms with van der Waals surface area (Å²) in [6.45, 7) is 3.95. The van der Waals surface area contributed by atoms with E-state index in [1.165, 1.54) is 12.5 Å². The number of halogens is 2. The molecule has 2 atom stereocenters. The standard InChI is InChI=1S/C15H21BrFNO/c1-2-18-12(10-13-4-3-7-19-13)8-11-5-6-15(17)14(16)9-11/h5-6,9,12-13,18H,2-4,7-8,10H2,1H3. The number of hydrogen-bond donors (Lipinski definition) is 1. The van der Waals surface area contributed by atoms with Crippen LogP contribution in [0.1, 0.15) is 31.7 Å². The van der Waals surface area contributed by atoms with Gasteiger partial charge < -0.3 is 10.1 Å². The molecular weight excluding hydrogens is 309 g/mol.